The Bertz CT molecular complexity index is 392. The van der Waals surface area contributed by atoms with Crippen molar-refractivity contribution in [3.8, 4) is 0 Å². The Labute approximate surface area is 141 Å². The molecule has 0 aromatic carbocycles. The van der Waals surface area contributed by atoms with Crippen molar-refractivity contribution in [2.24, 2.45) is 0 Å². The predicted octanol–water partition coefficient (Wildman–Crippen LogP) is 5.19. The van der Waals surface area contributed by atoms with Crippen molar-refractivity contribution in [1.29, 1.82) is 0 Å². The second-order valence-corrected chi connectivity index (χ2v) is 5.55. The Morgan fingerprint density at radius 3 is 2.48 bits per heavy atom. The highest BCUT2D eigenvalue weighted by molar-refractivity contribution is 5.66. The van der Waals surface area contributed by atoms with Gasteiger partial charge in [-0.05, 0) is 38.5 Å². The van der Waals surface area contributed by atoms with E-state index in [0.29, 0.717) is 6.42 Å². The van der Waals surface area contributed by atoms with E-state index in [4.69, 9.17) is 5.11 Å². The quantitative estimate of drug-likeness (QED) is 0.263. The van der Waals surface area contributed by atoms with Crippen LogP contribution in [-0.4, -0.2) is 22.3 Å². The molecule has 130 valence electrons. The van der Waals surface area contributed by atoms with Gasteiger partial charge in [0.1, 0.15) is 0 Å². The second-order valence-electron chi connectivity index (χ2n) is 5.55. The minimum atomic E-state index is -0.698. The maximum Gasteiger partial charge on any atom is 0.303 e. The summed E-state index contributed by atoms with van der Waals surface area (Å²) in [5.74, 6) is -0.698. The third-order valence-corrected chi connectivity index (χ3v) is 3.31. The Balaban J connectivity index is 3.51. The molecule has 0 radical (unpaired) electrons. The summed E-state index contributed by atoms with van der Waals surface area (Å²) < 4.78 is 0. The molecule has 0 rings (SSSR count). The number of allylic oxidation sites excluding steroid dienone is 6. The summed E-state index contributed by atoms with van der Waals surface area (Å²) in [6.45, 7) is 2.08. The van der Waals surface area contributed by atoms with Crippen molar-refractivity contribution in [3.63, 3.8) is 0 Å². The van der Waals surface area contributed by atoms with Crippen molar-refractivity contribution in [2.45, 2.75) is 70.8 Å². The second kappa shape index (κ2) is 16.8. The summed E-state index contributed by atoms with van der Waals surface area (Å²) in [6, 6.07) is 0. The topological polar surface area (TPSA) is 57.5 Å². The summed E-state index contributed by atoms with van der Waals surface area (Å²) >= 11 is 0. The molecule has 0 unspecified atom stereocenters. The highest BCUT2D eigenvalue weighted by Gasteiger charge is 1.95. The first-order valence-electron chi connectivity index (χ1n) is 8.70. The van der Waals surface area contributed by atoms with Crippen molar-refractivity contribution in [2.75, 3.05) is 0 Å². The van der Waals surface area contributed by atoms with Crippen LogP contribution in [0.4, 0.5) is 0 Å². The molecule has 0 aliphatic rings. The number of aliphatic hydroxyl groups excluding tert-OH is 1. The van der Waals surface area contributed by atoms with Gasteiger partial charge < -0.3 is 10.2 Å². The average molecular weight is 320 g/mol. The van der Waals surface area contributed by atoms with Gasteiger partial charge in [0.25, 0.3) is 0 Å². The molecule has 0 saturated heterocycles. The fraction of sp³-hybridized carbons (Fsp3) is 0.550. The fourth-order valence-electron chi connectivity index (χ4n) is 2.02. The van der Waals surface area contributed by atoms with Crippen molar-refractivity contribution in [1.82, 2.24) is 0 Å². The van der Waals surface area contributed by atoms with E-state index < -0.39 is 12.1 Å². The molecule has 0 aromatic heterocycles. The van der Waals surface area contributed by atoms with Crippen LogP contribution in [0.25, 0.3) is 0 Å². The molecule has 0 bridgehead atoms. The van der Waals surface area contributed by atoms with Crippen LogP contribution >= 0.6 is 0 Å². The first-order chi connectivity index (χ1) is 11.2. The number of unbranched alkanes of at least 4 members (excludes halogenated alkanes) is 4. The predicted molar refractivity (Wildman–Crippen MR) is 97.4 cm³/mol. The molecular weight excluding hydrogens is 288 g/mol. The first kappa shape index (κ1) is 21.4. The van der Waals surface area contributed by atoms with Gasteiger partial charge in [-0.3, -0.25) is 4.79 Å². The van der Waals surface area contributed by atoms with Crippen LogP contribution in [0.1, 0.15) is 64.7 Å². The van der Waals surface area contributed by atoms with E-state index in [1.165, 1.54) is 0 Å². The normalized spacial score (nSPS) is 13.8. The maximum absolute atomic E-state index is 10.3. The zero-order valence-corrected chi connectivity index (χ0v) is 14.4. The van der Waals surface area contributed by atoms with E-state index in [0.717, 1.165) is 44.9 Å². The lowest BCUT2D eigenvalue weighted by atomic mass is 10.1. The zero-order chi connectivity index (χ0) is 17.2. The molecule has 0 spiro atoms. The Morgan fingerprint density at radius 1 is 0.957 bits per heavy atom. The number of rotatable bonds is 14. The van der Waals surface area contributed by atoms with Gasteiger partial charge in [-0.1, -0.05) is 68.4 Å². The highest BCUT2D eigenvalue weighted by atomic mass is 16.4. The van der Waals surface area contributed by atoms with Gasteiger partial charge in [-0.2, -0.15) is 0 Å². The molecule has 0 amide bonds. The molecule has 0 aliphatic heterocycles. The van der Waals surface area contributed by atoms with Crippen LogP contribution < -0.4 is 0 Å². The number of carboxylic acid groups (broad SMARTS) is 1. The van der Waals surface area contributed by atoms with Gasteiger partial charge in [0, 0.05) is 6.42 Å². The molecule has 0 saturated carbocycles. The van der Waals surface area contributed by atoms with Crippen LogP contribution in [0.5, 0.6) is 0 Å². The Kier molecular flexibility index (Phi) is 15.6. The van der Waals surface area contributed by atoms with E-state index in [-0.39, 0.29) is 6.42 Å². The lowest BCUT2D eigenvalue weighted by Crippen LogP contribution is -1.98. The number of aliphatic hydroxyl groups is 1. The van der Waals surface area contributed by atoms with Gasteiger partial charge in [-0.15, -0.1) is 0 Å². The van der Waals surface area contributed by atoms with Crippen LogP contribution in [0, 0.1) is 0 Å². The van der Waals surface area contributed by atoms with Gasteiger partial charge in [-0.25, -0.2) is 0 Å². The summed E-state index contributed by atoms with van der Waals surface area (Å²) in [7, 11) is 0. The van der Waals surface area contributed by atoms with E-state index in [1.807, 2.05) is 18.2 Å². The number of hydrogen-bond donors (Lipinski definition) is 2. The molecule has 0 aromatic rings. The third kappa shape index (κ3) is 18.3. The highest BCUT2D eigenvalue weighted by Crippen LogP contribution is 2.06. The van der Waals surface area contributed by atoms with Crippen molar-refractivity contribution < 1.29 is 15.0 Å². The van der Waals surface area contributed by atoms with Crippen LogP contribution in [-0.2, 0) is 4.79 Å². The molecular formula is C20H32O3. The van der Waals surface area contributed by atoms with Gasteiger partial charge in [0.05, 0.1) is 6.10 Å². The van der Waals surface area contributed by atoms with Crippen LogP contribution in [0.2, 0.25) is 0 Å². The van der Waals surface area contributed by atoms with Crippen molar-refractivity contribution in [3.05, 3.63) is 48.6 Å². The molecule has 0 aliphatic carbocycles. The molecule has 2 N–H and O–H groups in total. The fourth-order valence-corrected chi connectivity index (χ4v) is 2.02. The largest absolute Gasteiger partial charge is 0.481 e. The molecule has 1 atom stereocenters. The van der Waals surface area contributed by atoms with E-state index >= 15 is 0 Å². The van der Waals surface area contributed by atoms with Crippen LogP contribution in [0.15, 0.2) is 48.6 Å². The maximum atomic E-state index is 10.3. The number of aliphatic carboxylic acids is 1. The summed E-state index contributed by atoms with van der Waals surface area (Å²) in [5, 5.41) is 18.2. The van der Waals surface area contributed by atoms with Gasteiger partial charge in [0.2, 0.25) is 0 Å². The average Bonchev–Trinajstić information content (AvgIpc) is 2.51. The van der Waals surface area contributed by atoms with Gasteiger partial charge in [0.15, 0.2) is 0 Å². The van der Waals surface area contributed by atoms with Gasteiger partial charge >= 0.3 is 5.97 Å². The van der Waals surface area contributed by atoms with Crippen LogP contribution in [0.3, 0.4) is 0 Å². The molecule has 3 heteroatoms. The third-order valence-electron chi connectivity index (χ3n) is 3.31. The lowest BCUT2D eigenvalue weighted by molar-refractivity contribution is -0.137. The minimum Gasteiger partial charge on any atom is -0.481 e. The van der Waals surface area contributed by atoms with E-state index in [9.17, 15) is 9.90 Å². The lowest BCUT2D eigenvalue weighted by Gasteiger charge is -1.98. The van der Waals surface area contributed by atoms with E-state index in [2.05, 4.69) is 31.2 Å². The monoisotopic (exact) mass is 320 g/mol. The summed E-state index contributed by atoms with van der Waals surface area (Å²) in [4.78, 5) is 10.3. The number of carboxylic acids is 1. The SMILES string of the molecule is CC/C=C\C[C@H](O)/C=C/C=C\C/C=C\CCCCCCC(=O)O. The number of hydrogen-bond acceptors (Lipinski definition) is 2. The minimum absolute atomic E-state index is 0.289. The Hall–Kier alpha value is -1.61. The smallest absolute Gasteiger partial charge is 0.303 e. The standard InChI is InChI=1S/C20H32O3/c1-2-3-13-16-19(21)17-14-11-9-7-5-4-6-8-10-12-15-18-20(22)23/h3-5,9,11,13-14,17,19,21H,2,6-8,10,12,15-16,18H2,1H3,(H,22,23)/b5-4-,11-9-,13-3-,17-14+/t19-/m0/s1. The molecule has 3 nitrogen and oxygen atoms in total. The summed E-state index contributed by atoms with van der Waals surface area (Å²) in [5.41, 5.74) is 0. The Morgan fingerprint density at radius 2 is 1.74 bits per heavy atom. The molecule has 0 fully saturated rings. The summed E-state index contributed by atoms with van der Waals surface area (Å²) in [6.07, 6.45) is 23.6. The number of carbonyl (C=O) groups is 1. The zero-order valence-electron chi connectivity index (χ0n) is 14.4. The van der Waals surface area contributed by atoms with Crippen molar-refractivity contribution >= 4 is 5.97 Å². The van der Waals surface area contributed by atoms with E-state index in [1.54, 1.807) is 6.08 Å². The molecule has 0 heterocycles. The molecule has 23 heavy (non-hydrogen) atoms. The first-order valence-corrected chi connectivity index (χ1v) is 8.70.